The van der Waals surface area contributed by atoms with Crippen LogP contribution in [0.25, 0.3) is 0 Å². The van der Waals surface area contributed by atoms with Gasteiger partial charge in [-0.2, -0.15) is 0 Å². The van der Waals surface area contributed by atoms with Crippen molar-refractivity contribution in [2.45, 2.75) is 45.6 Å². The smallest absolute Gasteiger partial charge is 0.245 e. The first-order chi connectivity index (χ1) is 14.4. The molecule has 0 spiro atoms. The molecule has 3 aliphatic rings. The number of amides is 3. The van der Waals surface area contributed by atoms with E-state index >= 15 is 0 Å². The van der Waals surface area contributed by atoms with E-state index in [0.29, 0.717) is 17.2 Å². The number of likely N-dealkylation sites (tertiary alicyclic amines) is 1. The van der Waals surface area contributed by atoms with Gasteiger partial charge in [-0.3, -0.25) is 14.4 Å². The summed E-state index contributed by atoms with van der Waals surface area (Å²) in [6, 6.07) is 4.76. The molecule has 1 aromatic rings. The number of ether oxygens (including phenoxy) is 2. The van der Waals surface area contributed by atoms with Crippen molar-refractivity contribution in [3.05, 3.63) is 18.2 Å². The van der Waals surface area contributed by atoms with Crippen LogP contribution in [0.4, 0.5) is 5.69 Å². The Hall–Kier alpha value is -2.77. The van der Waals surface area contributed by atoms with Crippen LogP contribution in [0.1, 0.15) is 39.5 Å². The second-order valence-corrected chi connectivity index (χ2v) is 8.56. The lowest BCUT2D eigenvalue weighted by Crippen LogP contribution is -2.53. The van der Waals surface area contributed by atoms with Crippen molar-refractivity contribution in [2.24, 2.45) is 11.8 Å². The predicted octanol–water partition coefficient (Wildman–Crippen LogP) is 1.92. The van der Waals surface area contributed by atoms with Crippen LogP contribution in [0, 0.1) is 11.8 Å². The molecule has 4 rings (SSSR count). The van der Waals surface area contributed by atoms with E-state index in [2.05, 4.69) is 5.32 Å². The summed E-state index contributed by atoms with van der Waals surface area (Å²) >= 11 is 0. The van der Waals surface area contributed by atoms with Gasteiger partial charge in [-0.05, 0) is 37.3 Å². The van der Waals surface area contributed by atoms with Gasteiger partial charge in [0.1, 0.15) is 6.04 Å². The number of rotatable bonds is 5. The zero-order valence-corrected chi connectivity index (χ0v) is 17.6. The van der Waals surface area contributed by atoms with E-state index in [1.807, 2.05) is 18.7 Å². The number of hydrogen-bond donors (Lipinski definition) is 1. The monoisotopic (exact) mass is 415 g/mol. The van der Waals surface area contributed by atoms with Crippen LogP contribution in [-0.2, 0) is 14.4 Å². The maximum Gasteiger partial charge on any atom is 0.245 e. The third-order valence-electron chi connectivity index (χ3n) is 6.06. The van der Waals surface area contributed by atoms with Crippen LogP contribution in [0.5, 0.6) is 11.5 Å². The summed E-state index contributed by atoms with van der Waals surface area (Å²) in [5, 5.41) is 2.94. The molecular formula is C22H29N3O5. The number of carbonyl (C=O) groups excluding carboxylic acids is 3. The molecule has 2 saturated heterocycles. The third-order valence-corrected chi connectivity index (χ3v) is 6.06. The number of piperidine rings is 1. The number of fused-ring (bicyclic) bond motifs is 1. The topological polar surface area (TPSA) is 88.2 Å². The van der Waals surface area contributed by atoms with E-state index < -0.39 is 12.0 Å². The second-order valence-electron chi connectivity index (χ2n) is 8.56. The van der Waals surface area contributed by atoms with Crippen molar-refractivity contribution < 1.29 is 23.9 Å². The van der Waals surface area contributed by atoms with Crippen molar-refractivity contribution in [1.29, 1.82) is 0 Å². The quantitative estimate of drug-likeness (QED) is 0.794. The Bertz CT molecular complexity index is 834. The molecular weight excluding hydrogens is 386 g/mol. The SMILES string of the molecule is CC(C)[C@H](NC(=O)[C@@H]1CC(=O)N(c2ccc3c(c2)OCO3)C1)C(=O)N1CCCCC1. The Morgan fingerprint density at radius 1 is 1.10 bits per heavy atom. The fourth-order valence-corrected chi connectivity index (χ4v) is 4.28. The Morgan fingerprint density at radius 2 is 1.83 bits per heavy atom. The molecule has 1 N–H and O–H groups in total. The van der Waals surface area contributed by atoms with E-state index in [1.165, 1.54) is 0 Å². The molecule has 0 radical (unpaired) electrons. The fourth-order valence-electron chi connectivity index (χ4n) is 4.28. The van der Waals surface area contributed by atoms with Gasteiger partial charge in [-0.15, -0.1) is 0 Å². The summed E-state index contributed by atoms with van der Waals surface area (Å²) in [6.45, 7) is 5.82. The van der Waals surface area contributed by atoms with Crippen molar-refractivity contribution >= 4 is 23.4 Å². The Morgan fingerprint density at radius 3 is 2.57 bits per heavy atom. The van der Waals surface area contributed by atoms with Gasteiger partial charge in [0.05, 0.1) is 5.92 Å². The molecule has 3 aliphatic heterocycles. The molecule has 1 aromatic carbocycles. The molecule has 2 fully saturated rings. The molecule has 0 aromatic heterocycles. The van der Waals surface area contributed by atoms with Crippen LogP contribution < -0.4 is 19.7 Å². The largest absolute Gasteiger partial charge is 0.454 e. The molecule has 162 valence electrons. The first-order valence-corrected chi connectivity index (χ1v) is 10.7. The number of benzene rings is 1. The zero-order valence-electron chi connectivity index (χ0n) is 17.6. The lowest BCUT2D eigenvalue weighted by atomic mass is 9.99. The summed E-state index contributed by atoms with van der Waals surface area (Å²) < 4.78 is 10.7. The lowest BCUT2D eigenvalue weighted by Gasteiger charge is -2.32. The van der Waals surface area contributed by atoms with E-state index in [0.717, 1.165) is 32.4 Å². The van der Waals surface area contributed by atoms with Crippen LogP contribution in [0.2, 0.25) is 0 Å². The van der Waals surface area contributed by atoms with E-state index in [1.54, 1.807) is 23.1 Å². The minimum Gasteiger partial charge on any atom is -0.454 e. The Balaban J connectivity index is 1.41. The molecule has 0 bridgehead atoms. The molecule has 0 unspecified atom stereocenters. The van der Waals surface area contributed by atoms with E-state index in [4.69, 9.17) is 9.47 Å². The second kappa shape index (κ2) is 8.53. The molecule has 0 aliphatic carbocycles. The zero-order chi connectivity index (χ0) is 21.3. The minimum atomic E-state index is -0.565. The van der Waals surface area contributed by atoms with Gasteiger partial charge >= 0.3 is 0 Å². The molecule has 8 heteroatoms. The van der Waals surface area contributed by atoms with Gasteiger partial charge in [-0.1, -0.05) is 13.8 Å². The van der Waals surface area contributed by atoms with Crippen molar-refractivity contribution in [1.82, 2.24) is 10.2 Å². The van der Waals surface area contributed by atoms with Crippen molar-refractivity contribution in [2.75, 3.05) is 31.3 Å². The third kappa shape index (κ3) is 4.08. The van der Waals surface area contributed by atoms with E-state index in [-0.39, 0.29) is 43.4 Å². The highest BCUT2D eigenvalue weighted by molar-refractivity contribution is 6.01. The van der Waals surface area contributed by atoms with E-state index in [9.17, 15) is 14.4 Å². The molecule has 8 nitrogen and oxygen atoms in total. The number of nitrogens with one attached hydrogen (secondary N) is 1. The van der Waals surface area contributed by atoms with Crippen LogP contribution in [0.15, 0.2) is 18.2 Å². The molecule has 3 heterocycles. The van der Waals surface area contributed by atoms with Gasteiger partial charge in [0, 0.05) is 37.8 Å². The highest BCUT2D eigenvalue weighted by Crippen LogP contribution is 2.37. The van der Waals surface area contributed by atoms with Gasteiger partial charge in [0.15, 0.2) is 11.5 Å². The average Bonchev–Trinajstić information content (AvgIpc) is 3.37. The number of hydrogen-bond acceptors (Lipinski definition) is 5. The number of anilines is 1. The van der Waals surface area contributed by atoms with Crippen LogP contribution in [-0.4, -0.2) is 55.1 Å². The van der Waals surface area contributed by atoms with Crippen molar-refractivity contribution in [3.8, 4) is 11.5 Å². The number of nitrogens with zero attached hydrogens (tertiary/aromatic N) is 2. The molecule has 3 amide bonds. The Labute approximate surface area is 176 Å². The highest BCUT2D eigenvalue weighted by atomic mass is 16.7. The normalized spacial score (nSPS) is 21.8. The maximum atomic E-state index is 13.0. The average molecular weight is 415 g/mol. The summed E-state index contributed by atoms with van der Waals surface area (Å²) in [6.07, 6.45) is 3.28. The van der Waals surface area contributed by atoms with Gasteiger partial charge < -0.3 is 24.6 Å². The van der Waals surface area contributed by atoms with Gasteiger partial charge in [-0.25, -0.2) is 0 Å². The maximum absolute atomic E-state index is 13.0. The fraction of sp³-hybridized carbons (Fsp3) is 0.591. The first kappa shape index (κ1) is 20.5. The summed E-state index contributed by atoms with van der Waals surface area (Å²) in [4.78, 5) is 42.0. The lowest BCUT2D eigenvalue weighted by molar-refractivity contribution is -0.139. The van der Waals surface area contributed by atoms with Crippen LogP contribution >= 0.6 is 0 Å². The predicted molar refractivity (Wildman–Crippen MR) is 110 cm³/mol. The standard InChI is InChI=1S/C22H29N3O5/c1-14(2)20(22(28)24-8-4-3-5-9-24)23-21(27)15-10-19(26)25(12-15)16-6-7-17-18(11-16)30-13-29-17/h6-7,11,14-15,20H,3-5,8-10,12-13H2,1-2H3,(H,23,27)/t15-,20+/m1/s1. The molecule has 2 atom stereocenters. The van der Waals surface area contributed by atoms with Crippen molar-refractivity contribution in [3.63, 3.8) is 0 Å². The summed E-state index contributed by atoms with van der Waals surface area (Å²) in [5.41, 5.74) is 0.685. The summed E-state index contributed by atoms with van der Waals surface area (Å²) in [7, 11) is 0. The molecule has 0 saturated carbocycles. The van der Waals surface area contributed by atoms with Gasteiger partial charge in [0.2, 0.25) is 24.5 Å². The minimum absolute atomic E-state index is 0.0185. The Kier molecular flexibility index (Phi) is 5.83. The first-order valence-electron chi connectivity index (χ1n) is 10.7. The molecule has 30 heavy (non-hydrogen) atoms. The summed E-state index contributed by atoms with van der Waals surface area (Å²) in [5.74, 6) is 0.364. The number of carbonyl (C=O) groups is 3. The van der Waals surface area contributed by atoms with Gasteiger partial charge in [0.25, 0.3) is 0 Å². The van der Waals surface area contributed by atoms with Crippen LogP contribution in [0.3, 0.4) is 0 Å². The highest BCUT2D eigenvalue weighted by Gasteiger charge is 2.38.